The van der Waals surface area contributed by atoms with Crippen LogP contribution in [-0.2, 0) is 16.0 Å². The molecule has 0 fully saturated rings. The number of hydrogen-bond acceptors (Lipinski definition) is 4. The SMILES string of the molecule is COCCCOCCn1cnc2cc(Br)ccc2c1=O. The summed E-state index contributed by atoms with van der Waals surface area (Å²) in [5.74, 6) is 0. The minimum atomic E-state index is -0.0389. The molecule has 0 amide bonds. The molecule has 5 nitrogen and oxygen atoms in total. The second-order valence-corrected chi connectivity index (χ2v) is 5.28. The number of ether oxygens (including phenoxy) is 2. The quantitative estimate of drug-likeness (QED) is 0.725. The largest absolute Gasteiger partial charge is 0.385 e. The highest BCUT2D eigenvalue weighted by Crippen LogP contribution is 2.14. The molecular weight excluding hydrogens is 324 g/mol. The summed E-state index contributed by atoms with van der Waals surface area (Å²) in [6, 6.07) is 5.46. The van der Waals surface area contributed by atoms with Crippen molar-refractivity contribution >= 4 is 26.8 Å². The Morgan fingerprint density at radius 3 is 2.95 bits per heavy atom. The van der Waals surface area contributed by atoms with Gasteiger partial charge in [-0.25, -0.2) is 4.98 Å². The fourth-order valence-corrected chi connectivity index (χ4v) is 2.21. The van der Waals surface area contributed by atoms with Crippen LogP contribution in [0.5, 0.6) is 0 Å². The van der Waals surface area contributed by atoms with E-state index in [0.717, 1.165) is 10.9 Å². The molecule has 0 radical (unpaired) electrons. The van der Waals surface area contributed by atoms with E-state index < -0.39 is 0 Å². The van der Waals surface area contributed by atoms with E-state index in [-0.39, 0.29) is 5.56 Å². The lowest BCUT2D eigenvalue weighted by Crippen LogP contribution is -2.23. The molecule has 6 heteroatoms. The first kappa shape index (κ1) is 15.2. The third-order valence-corrected chi connectivity index (χ3v) is 3.39. The Kier molecular flexibility index (Phi) is 5.70. The van der Waals surface area contributed by atoms with Gasteiger partial charge in [-0.2, -0.15) is 0 Å². The maximum absolute atomic E-state index is 12.2. The van der Waals surface area contributed by atoms with Gasteiger partial charge < -0.3 is 9.47 Å². The molecule has 2 aromatic rings. The van der Waals surface area contributed by atoms with Crippen molar-refractivity contribution in [3.05, 3.63) is 39.4 Å². The Labute approximate surface area is 125 Å². The van der Waals surface area contributed by atoms with Crippen LogP contribution < -0.4 is 5.56 Å². The Morgan fingerprint density at radius 2 is 2.15 bits per heavy atom. The molecule has 1 heterocycles. The third kappa shape index (κ3) is 3.88. The highest BCUT2D eigenvalue weighted by Gasteiger charge is 2.04. The van der Waals surface area contributed by atoms with Crippen molar-refractivity contribution in [2.24, 2.45) is 0 Å². The van der Waals surface area contributed by atoms with Gasteiger partial charge in [0, 0.05) is 24.8 Å². The molecule has 0 saturated heterocycles. The number of nitrogens with zero attached hydrogens (tertiary/aromatic N) is 2. The molecule has 0 aliphatic carbocycles. The highest BCUT2D eigenvalue weighted by molar-refractivity contribution is 9.10. The van der Waals surface area contributed by atoms with E-state index in [1.54, 1.807) is 24.1 Å². The van der Waals surface area contributed by atoms with Gasteiger partial charge in [-0.3, -0.25) is 9.36 Å². The smallest absolute Gasteiger partial charge is 0.261 e. The lowest BCUT2D eigenvalue weighted by atomic mass is 10.2. The normalized spacial score (nSPS) is 11.1. The van der Waals surface area contributed by atoms with Crippen molar-refractivity contribution in [2.75, 3.05) is 26.9 Å². The summed E-state index contributed by atoms with van der Waals surface area (Å²) < 4.78 is 12.9. The number of hydrogen-bond donors (Lipinski definition) is 0. The summed E-state index contributed by atoms with van der Waals surface area (Å²) in [5, 5.41) is 0.620. The van der Waals surface area contributed by atoms with Crippen molar-refractivity contribution in [2.45, 2.75) is 13.0 Å². The molecule has 0 saturated carbocycles. The summed E-state index contributed by atoms with van der Waals surface area (Å²) >= 11 is 3.37. The van der Waals surface area contributed by atoms with Gasteiger partial charge in [0.25, 0.3) is 5.56 Å². The van der Waals surface area contributed by atoms with E-state index in [1.165, 1.54) is 0 Å². The molecule has 0 aliphatic heterocycles. The van der Waals surface area contributed by atoms with Crippen molar-refractivity contribution in [1.29, 1.82) is 0 Å². The van der Waals surface area contributed by atoms with Crippen molar-refractivity contribution in [3.8, 4) is 0 Å². The van der Waals surface area contributed by atoms with Gasteiger partial charge in [-0.1, -0.05) is 15.9 Å². The lowest BCUT2D eigenvalue weighted by Gasteiger charge is -2.07. The zero-order chi connectivity index (χ0) is 14.4. The molecule has 0 bridgehead atoms. The predicted octanol–water partition coefficient (Wildman–Crippen LogP) is 2.21. The van der Waals surface area contributed by atoms with E-state index in [9.17, 15) is 4.79 Å². The van der Waals surface area contributed by atoms with Crippen LogP contribution in [0.3, 0.4) is 0 Å². The van der Waals surface area contributed by atoms with Crippen LogP contribution in [0, 0.1) is 0 Å². The second kappa shape index (κ2) is 7.52. The Morgan fingerprint density at radius 1 is 1.30 bits per heavy atom. The van der Waals surface area contributed by atoms with Gasteiger partial charge in [0.05, 0.1) is 30.4 Å². The molecule has 0 spiro atoms. The molecule has 108 valence electrons. The van der Waals surface area contributed by atoms with Gasteiger partial charge in [0.1, 0.15) is 0 Å². The molecule has 0 N–H and O–H groups in total. The van der Waals surface area contributed by atoms with Crippen LogP contribution in [0.2, 0.25) is 0 Å². The first-order valence-electron chi connectivity index (χ1n) is 6.44. The lowest BCUT2D eigenvalue weighted by molar-refractivity contribution is 0.0972. The minimum absolute atomic E-state index is 0.0389. The molecule has 2 rings (SSSR count). The molecule has 20 heavy (non-hydrogen) atoms. The molecular formula is C14H17BrN2O3. The van der Waals surface area contributed by atoms with Crippen LogP contribution in [0.1, 0.15) is 6.42 Å². The van der Waals surface area contributed by atoms with Gasteiger partial charge in [-0.15, -0.1) is 0 Å². The Bertz CT molecular complexity index is 627. The van der Waals surface area contributed by atoms with Crippen molar-refractivity contribution in [3.63, 3.8) is 0 Å². The monoisotopic (exact) mass is 340 g/mol. The number of methoxy groups -OCH3 is 1. The van der Waals surface area contributed by atoms with Gasteiger partial charge in [0.2, 0.25) is 0 Å². The van der Waals surface area contributed by atoms with Gasteiger partial charge in [0.15, 0.2) is 0 Å². The predicted molar refractivity (Wildman–Crippen MR) is 81.0 cm³/mol. The van der Waals surface area contributed by atoms with Crippen LogP contribution >= 0.6 is 15.9 Å². The number of halogens is 1. The zero-order valence-electron chi connectivity index (χ0n) is 11.3. The van der Waals surface area contributed by atoms with Crippen molar-refractivity contribution in [1.82, 2.24) is 9.55 Å². The first-order valence-corrected chi connectivity index (χ1v) is 7.23. The Balaban J connectivity index is 1.99. The second-order valence-electron chi connectivity index (χ2n) is 4.36. The maximum Gasteiger partial charge on any atom is 0.261 e. The van der Waals surface area contributed by atoms with Gasteiger partial charge >= 0.3 is 0 Å². The van der Waals surface area contributed by atoms with Crippen LogP contribution in [-0.4, -0.2) is 36.5 Å². The summed E-state index contributed by atoms with van der Waals surface area (Å²) in [6.07, 6.45) is 2.42. The summed E-state index contributed by atoms with van der Waals surface area (Å²) in [7, 11) is 1.67. The maximum atomic E-state index is 12.2. The van der Waals surface area contributed by atoms with E-state index in [1.807, 2.05) is 12.1 Å². The zero-order valence-corrected chi connectivity index (χ0v) is 12.9. The Hall–Kier alpha value is -1.24. The fraction of sp³-hybridized carbons (Fsp3) is 0.429. The molecule has 0 aliphatic rings. The third-order valence-electron chi connectivity index (χ3n) is 2.90. The van der Waals surface area contributed by atoms with E-state index in [0.29, 0.717) is 37.3 Å². The van der Waals surface area contributed by atoms with Crippen LogP contribution in [0.4, 0.5) is 0 Å². The highest BCUT2D eigenvalue weighted by atomic mass is 79.9. The fourth-order valence-electron chi connectivity index (χ4n) is 1.86. The number of aromatic nitrogens is 2. The molecule has 0 unspecified atom stereocenters. The minimum Gasteiger partial charge on any atom is -0.385 e. The number of benzene rings is 1. The van der Waals surface area contributed by atoms with Crippen LogP contribution in [0.15, 0.2) is 33.8 Å². The average molecular weight is 341 g/mol. The standard InChI is InChI=1S/C14H17BrN2O3/c1-19-6-2-7-20-8-5-17-10-16-13-9-11(15)3-4-12(13)14(17)18/h3-4,9-10H,2,5-8H2,1H3. The summed E-state index contributed by atoms with van der Waals surface area (Å²) in [6.45, 7) is 2.32. The van der Waals surface area contributed by atoms with E-state index in [4.69, 9.17) is 9.47 Å². The topological polar surface area (TPSA) is 53.4 Å². The molecule has 0 atom stereocenters. The number of rotatable bonds is 7. The molecule has 1 aromatic heterocycles. The average Bonchev–Trinajstić information content (AvgIpc) is 2.44. The van der Waals surface area contributed by atoms with Crippen molar-refractivity contribution < 1.29 is 9.47 Å². The van der Waals surface area contributed by atoms with Crippen LogP contribution in [0.25, 0.3) is 10.9 Å². The summed E-state index contributed by atoms with van der Waals surface area (Å²) in [5.41, 5.74) is 0.657. The van der Waals surface area contributed by atoms with Gasteiger partial charge in [-0.05, 0) is 24.6 Å². The van der Waals surface area contributed by atoms with E-state index in [2.05, 4.69) is 20.9 Å². The first-order chi connectivity index (χ1) is 9.72. The molecule has 1 aromatic carbocycles. The van der Waals surface area contributed by atoms with E-state index >= 15 is 0 Å². The number of fused-ring (bicyclic) bond motifs is 1. The summed E-state index contributed by atoms with van der Waals surface area (Å²) in [4.78, 5) is 16.5.